The van der Waals surface area contributed by atoms with Crippen molar-refractivity contribution >= 4 is 17.5 Å². The fourth-order valence-corrected chi connectivity index (χ4v) is 1.54. The molecule has 0 atom stereocenters. The lowest BCUT2D eigenvalue weighted by Crippen LogP contribution is -2.17. The van der Waals surface area contributed by atoms with Crippen molar-refractivity contribution in [3.63, 3.8) is 0 Å². The summed E-state index contributed by atoms with van der Waals surface area (Å²) in [4.78, 5) is 11.9. The highest BCUT2D eigenvalue weighted by atomic mass is 16.5. The molecule has 0 radical (unpaired) electrons. The van der Waals surface area contributed by atoms with Gasteiger partial charge in [-0.1, -0.05) is 5.16 Å². The molecule has 0 fully saturated rings. The number of hydrogen-bond acceptors (Lipinski definition) is 5. The van der Waals surface area contributed by atoms with Crippen LogP contribution in [0.4, 0.5) is 11.6 Å². The van der Waals surface area contributed by atoms with Crippen LogP contribution >= 0.6 is 0 Å². The van der Waals surface area contributed by atoms with Gasteiger partial charge in [-0.3, -0.25) is 14.8 Å². The standard InChI is InChI=1S/C10H13N5O2/c1-5-4-7(17-14-5)12-10(16)9-8(11)6(2)13-15(9)3/h4H,11H2,1-3H3,(H,12,16). The third-order valence-corrected chi connectivity index (χ3v) is 2.35. The minimum atomic E-state index is -0.373. The minimum Gasteiger partial charge on any atom is -0.395 e. The number of rotatable bonds is 2. The van der Waals surface area contributed by atoms with Gasteiger partial charge in [0, 0.05) is 13.1 Å². The van der Waals surface area contributed by atoms with E-state index in [-0.39, 0.29) is 11.8 Å². The fourth-order valence-electron chi connectivity index (χ4n) is 1.54. The van der Waals surface area contributed by atoms with Gasteiger partial charge >= 0.3 is 0 Å². The number of hydrogen-bond donors (Lipinski definition) is 2. The molecule has 90 valence electrons. The quantitative estimate of drug-likeness (QED) is 0.804. The smallest absolute Gasteiger partial charge is 0.278 e. The van der Waals surface area contributed by atoms with Crippen molar-refractivity contribution < 1.29 is 9.32 Å². The van der Waals surface area contributed by atoms with Crippen LogP contribution in [0.15, 0.2) is 10.6 Å². The number of carbonyl (C=O) groups is 1. The molecule has 0 spiro atoms. The highest BCUT2D eigenvalue weighted by molar-refractivity contribution is 6.06. The molecule has 3 N–H and O–H groups in total. The largest absolute Gasteiger partial charge is 0.395 e. The predicted molar refractivity (Wildman–Crippen MR) is 61.6 cm³/mol. The van der Waals surface area contributed by atoms with Crippen molar-refractivity contribution in [3.05, 3.63) is 23.1 Å². The Morgan fingerprint density at radius 3 is 2.71 bits per heavy atom. The molecule has 0 aromatic carbocycles. The maximum absolute atomic E-state index is 11.9. The van der Waals surface area contributed by atoms with E-state index >= 15 is 0 Å². The zero-order valence-electron chi connectivity index (χ0n) is 9.81. The van der Waals surface area contributed by atoms with Gasteiger partial charge in [-0.05, 0) is 13.8 Å². The van der Waals surface area contributed by atoms with Gasteiger partial charge in [0.05, 0.1) is 17.1 Å². The van der Waals surface area contributed by atoms with E-state index in [0.29, 0.717) is 22.8 Å². The molecular formula is C10H13N5O2. The Morgan fingerprint density at radius 1 is 1.53 bits per heavy atom. The SMILES string of the molecule is Cc1cc(NC(=O)c2c(N)c(C)nn2C)on1. The molecule has 2 rings (SSSR count). The summed E-state index contributed by atoms with van der Waals surface area (Å²) >= 11 is 0. The molecule has 0 aliphatic heterocycles. The van der Waals surface area contributed by atoms with E-state index in [1.807, 2.05) is 0 Å². The Bertz CT molecular complexity index is 569. The third kappa shape index (κ3) is 1.99. The first-order chi connectivity index (χ1) is 7.99. The second-order valence-electron chi connectivity index (χ2n) is 3.76. The Kier molecular flexibility index (Phi) is 2.58. The van der Waals surface area contributed by atoms with Crippen LogP contribution in [0.3, 0.4) is 0 Å². The van der Waals surface area contributed by atoms with Crippen molar-refractivity contribution in [1.82, 2.24) is 14.9 Å². The molecular weight excluding hydrogens is 222 g/mol. The number of aryl methyl sites for hydroxylation is 3. The molecule has 17 heavy (non-hydrogen) atoms. The zero-order chi connectivity index (χ0) is 12.6. The highest BCUT2D eigenvalue weighted by Crippen LogP contribution is 2.17. The molecule has 0 aliphatic rings. The minimum absolute atomic E-state index is 0.283. The van der Waals surface area contributed by atoms with Crippen LogP contribution in [0.5, 0.6) is 0 Å². The monoisotopic (exact) mass is 235 g/mol. The number of carbonyl (C=O) groups excluding carboxylic acids is 1. The van der Waals surface area contributed by atoms with E-state index in [2.05, 4.69) is 15.6 Å². The lowest BCUT2D eigenvalue weighted by Gasteiger charge is -2.02. The van der Waals surface area contributed by atoms with Crippen LogP contribution in [0.25, 0.3) is 0 Å². The van der Waals surface area contributed by atoms with Crippen LogP contribution in [-0.4, -0.2) is 20.8 Å². The van der Waals surface area contributed by atoms with Gasteiger partial charge in [0.15, 0.2) is 0 Å². The van der Waals surface area contributed by atoms with Crippen LogP contribution in [0.2, 0.25) is 0 Å². The van der Waals surface area contributed by atoms with Gasteiger partial charge < -0.3 is 10.3 Å². The first kappa shape index (κ1) is 11.2. The molecule has 0 unspecified atom stereocenters. The van der Waals surface area contributed by atoms with Crippen molar-refractivity contribution in [2.45, 2.75) is 13.8 Å². The molecule has 7 nitrogen and oxygen atoms in total. The van der Waals surface area contributed by atoms with Crippen LogP contribution in [0, 0.1) is 13.8 Å². The van der Waals surface area contributed by atoms with Gasteiger partial charge in [0.2, 0.25) is 5.88 Å². The zero-order valence-corrected chi connectivity index (χ0v) is 9.81. The first-order valence-corrected chi connectivity index (χ1v) is 5.02. The van der Waals surface area contributed by atoms with Gasteiger partial charge in [0.1, 0.15) is 5.69 Å². The molecule has 0 aliphatic carbocycles. The van der Waals surface area contributed by atoms with E-state index in [1.54, 1.807) is 27.0 Å². The molecule has 0 saturated carbocycles. The molecule has 2 heterocycles. The maximum atomic E-state index is 11.9. The molecule has 1 amide bonds. The average Bonchev–Trinajstić information content (AvgIpc) is 2.73. The number of amides is 1. The number of nitrogens with one attached hydrogen (secondary N) is 1. The van der Waals surface area contributed by atoms with E-state index in [1.165, 1.54) is 4.68 Å². The second kappa shape index (κ2) is 3.93. The van der Waals surface area contributed by atoms with Crippen molar-refractivity contribution in [1.29, 1.82) is 0 Å². The summed E-state index contributed by atoms with van der Waals surface area (Å²) in [6.07, 6.45) is 0. The Hall–Kier alpha value is -2.31. The topological polar surface area (TPSA) is 99.0 Å². The lowest BCUT2D eigenvalue weighted by atomic mass is 10.3. The van der Waals surface area contributed by atoms with Crippen LogP contribution in [0.1, 0.15) is 21.9 Å². The number of nitrogens with two attached hydrogens (primary N) is 1. The van der Waals surface area contributed by atoms with Crippen molar-refractivity contribution in [2.24, 2.45) is 7.05 Å². The number of nitrogen functional groups attached to an aromatic ring is 1. The summed E-state index contributed by atoms with van der Waals surface area (Å²) < 4.78 is 6.32. The fraction of sp³-hybridized carbons (Fsp3) is 0.300. The normalized spacial score (nSPS) is 10.5. The van der Waals surface area contributed by atoms with Gasteiger partial charge in [-0.2, -0.15) is 5.10 Å². The summed E-state index contributed by atoms with van der Waals surface area (Å²) in [7, 11) is 1.66. The lowest BCUT2D eigenvalue weighted by molar-refractivity contribution is 0.101. The molecule has 7 heteroatoms. The van der Waals surface area contributed by atoms with E-state index in [9.17, 15) is 4.79 Å². The Labute approximate surface area is 97.6 Å². The molecule has 0 bridgehead atoms. The van der Waals surface area contributed by atoms with Gasteiger partial charge in [-0.15, -0.1) is 0 Å². The Balaban J connectivity index is 2.26. The Morgan fingerprint density at radius 2 is 2.24 bits per heavy atom. The summed E-state index contributed by atoms with van der Waals surface area (Å²) in [5.41, 5.74) is 7.74. The van der Waals surface area contributed by atoms with E-state index < -0.39 is 0 Å². The first-order valence-electron chi connectivity index (χ1n) is 5.02. The molecule has 2 aromatic rings. The summed E-state index contributed by atoms with van der Waals surface area (Å²) in [5.74, 6) is -0.0903. The number of nitrogens with zero attached hydrogens (tertiary/aromatic N) is 3. The molecule has 0 saturated heterocycles. The van der Waals surface area contributed by atoms with E-state index in [4.69, 9.17) is 10.3 Å². The number of aromatic nitrogens is 3. The summed E-state index contributed by atoms with van der Waals surface area (Å²) in [5, 5.41) is 10.3. The van der Waals surface area contributed by atoms with Crippen molar-refractivity contribution in [2.75, 3.05) is 11.1 Å². The van der Waals surface area contributed by atoms with Gasteiger partial charge in [0.25, 0.3) is 5.91 Å². The third-order valence-electron chi connectivity index (χ3n) is 2.35. The second-order valence-corrected chi connectivity index (χ2v) is 3.76. The average molecular weight is 235 g/mol. The summed E-state index contributed by atoms with van der Waals surface area (Å²) in [6, 6.07) is 1.62. The maximum Gasteiger partial charge on any atom is 0.278 e. The van der Waals surface area contributed by atoms with E-state index in [0.717, 1.165) is 0 Å². The molecule has 2 aromatic heterocycles. The number of anilines is 2. The predicted octanol–water partition coefficient (Wildman–Crippen LogP) is 0.859. The van der Waals surface area contributed by atoms with Gasteiger partial charge in [-0.25, -0.2) is 0 Å². The van der Waals surface area contributed by atoms with Crippen molar-refractivity contribution in [3.8, 4) is 0 Å². The highest BCUT2D eigenvalue weighted by Gasteiger charge is 2.19. The van der Waals surface area contributed by atoms with Crippen LogP contribution < -0.4 is 11.1 Å². The van der Waals surface area contributed by atoms with Crippen LogP contribution in [-0.2, 0) is 7.05 Å². The summed E-state index contributed by atoms with van der Waals surface area (Å²) in [6.45, 7) is 3.51.